The molecule has 2 aromatic heterocycles. The first kappa shape index (κ1) is 15.3. The maximum atomic E-state index is 4.79. The lowest BCUT2D eigenvalue weighted by Gasteiger charge is -2.28. The van der Waals surface area contributed by atoms with Crippen LogP contribution in [0.1, 0.15) is 80.4 Å². The summed E-state index contributed by atoms with van der Waals surface area (Å²) in [7, 11) is 0. The van der Waals surface area contributed by atoms with Gasteiger partial charge < -0.3 is 5.32 Å². The van der Waals surface area contributed by atoms with Crippen LogP contribution >= 0.6 is 11.3 Å². The van der Waals surface area contributed by atoms with Crippen LogP contribution in [-0.4, -0.2) is 14.8 Å². The van der Waals surface area contributed by atoms with Gasteiger partial charge in [-0.05, 0) is 52.9 Å². The number of aromatic nitrogens is 3. The molecule has 4 rings (SSSR count). The van der Waals surface area contributed by atoms with Crippen molar-refractivity contribution in [3.8, 4) is 0 Å². The Balaban J connectivity index is 1.47. The van der Waals surface area contributed by atoms with Crippen molar-refractivity contribution in [1.29, 1.82) is 0 Å². The summed E-state index contributed by atoms with van der Waals surface area (Å²) in [4.78, 5) is 4.79. The number of nitrogens with one attached hydrogen (secondary N) is 1. The Morgan fingerprint density at radius 2 is 2.13 bits per heavy atom. The summed E-state index contributed by atoms with van der Waals surface area (Å²) >= 11 is 1.83. The van der Waals surface area contributed by atoms with Gasteiger partial charge in [0.15, 0.2) is 0 Å². The third-order valence-corrected chi connectivity index (χ3v) is 5.90. The number of thiazole rings is 1. The molecule has 124 valence electrons. The highest BCUT2D eigenvalue weighted by atomic mass is 32.1. The highest BCUT2D eigenvalue weighted by Crippen LogP contribution is 2.41. The number of nitrogens with zero attached hydrogens (tertiary/aromatic N) is 3. The van der Waals surface area contributed by atoms with E-state index in [1.165, 1.54) is 47.6 Å². The average molecular weight is 331 g/mol. The molecule has 2 heterocycles. The highest BCUT2D eigenvalue weighted by Gasteiger charge is 2.29. The van der Waals surface area contributed by atoms with Gasteiger partial charge in [0.2, 0.25) is 0 Å². The summed E-state index contributed by atoms with van der Waals surface area (Å²) < 4.78 is 2.21. The Kier molecular flexibility index (Phi) is 3.81. The van der Waals surface area contributed by atoms with E-state index in [1.807, 2.05) is 11.3 Å². The molecule has 2 aliphatic rings. The lowest BCUT2D eigenvalue weighted by atomic mass is 9.92. The molecule has 2 aliphatic carbocycles. The molecule has 4 nitrogen and oxygen atoms in total. The Bertz CT molecular complexity index is 690. The molecule has 0 aromatic carbocycles. The van der Waals surface area contributed by atoms with E-state index in [1.54, 1.807) is 0 Å². The fourth-order valence-electron chi connectivity index (χ4n) is 3.50. The molecule has 5 heteroatoms. The van der Waals surface area contributed by atoms with Crippen molar-refractivity contribution in [2.45, 2.75) is 76.9 Å². The van der Waals surface area contributed by atoms with E-state index in [2.05, 4.69) is 47.4 Å². The van der Waals surface area contributed by atoms with Crippen LogP contribution in [0.2, 0.25) is 0 Å². The highest BCUT2D eigenvalue weighted by molar-refractivity contribution is 7.09. The second kappa shape index (κ2) is 5.71. The molecule has 1 atom stereocenters. The summed E-state index contributed by atoms with van der Waals surface area (Å²) in [5.41, 5.74) is 4.07. The number of rotatable bonds is 4. The Morgan fingerprint density at radius 1 is 1.30 bits per heavy atom. The zero-order valence-electron chi connectivity index (χ0n) is 14.3. The molecule has 1 saturated carbocycles. The normalized spacial score (nSPS) is 21.4. The van der Waals surface area contributed by atoms with Gasteiger partial charge in [0, 0.05) is 35.1 Å². The van der Waals surface area contributed by atoms with E-state index in [-0.39, 0.29) is 5.54 Å². The minimum Gasteiger partial charge on any atom is -0.304 e. The van der Waals surface area contributed by atoms with Gasteiger partial charge in [-0.15, -0.1) is 11.3 Å². The van der Waals surface area contributed by atoms with Crippen molar-refractivity contribution < 1.29 is 0 Å². The monoisotopic (exact) mass is 330 g/mol. The largest absolute Gasteiger partial charge is 0.304 e. The number of fused-ring (bicyclic) bond motifs is 1. The van der Waals surface area contributed by atoms with Crippen LogP contribution in [0.15, 0.2) is 11.6 Å². The molecule has 0 unspecified atom stereocenters. The van der Waals surface area contributed by atoms with Crippen molar-refractivity contribution in [2.24, 2.45) is 0 Å². The van der Waals surface area contributed by atoms with Gasteiger partial charge in [-0.1, -0.05) is 0 Å². The Hall–Kier alpha value is -1.20. The molecule has 1 N–H and O–H groups in total. The molecule has 0 bridgehead atoms. The van der Waals surface area contributed by atoms with Crippen LogP contribution < -0.4 is 5.32 Å². The van der Waals surface area contributed by atoms with Gasteiger partial charge in [-0.2, -0.15) is 5.10 Å². The third-order valence-electron chi connectivity index (χ3n) is 4.84. The summed E-state index contributed by atoms with van der Waals surface area (Å²) in [6.07, 6.45) is 8.32. The van der Waals surface area contributed by atoms with Crippen LogP contribution in [-0.2, 0) is 18.5 Å². The first-order chi connectivity index (χ1) is 11.0. The minimum absolute atomic E-state index is 0.0591. The smallest absolute Gasteiger partial charge is 0.0959 e. The topological polar surface area (TPSA) is 42.7 Å². The van der Waals surface area contributed by atoms with Gasteiger partial charge in [-0.3, -0.25) is 4.68 Å². The minimum atomic E-state index is 0.0591. The van der Waals surface area contributed by atoms with Gasteiger partial charge in [0.1, 0.15) is 0 Å². The summed E-state index contributed by atoms with van der Waals surface area (Å²) in [5, 5.41) is 12.0. The number of hydrogen-bond donors (Lipinski definition) is 1. The lowest BCUT2D eigenvalue weighted by Crippen LogP contribution is -2.29. The van der Waals surface area contributed by atoms with Crippen molar-refractivity contribution in [2.75, 3.05) is 0 Å². The van der Waals surface area contributed by atoms with Crippen molar-refractivity contribution in [3.05, 3.63) is 33.5 Å². The second-order valence-electron chi connectivity index (χ2n) is 7.91. The van der Waals surface area contributed by atoms with Crippen molar-refractivity contribution >= 4 is 11.3 Å². The van der Waals surface area contributed by atoms with Crippen LogP contribution in [0.5, 0.6) is 0 Å². The Morgan fingerprint density at radius 3 is 2.87 bits per heavy atom. The second-order valence-corrected chi connectivity index (χ2v) is 8.80. The molecule has 0 aliphatic heterocycles. The molecule has 0 spiro atoms. The summed E-state index contributed by atoms with van der Waals surface area (Å²) in [5.74, 6) is 0.764. The maximum absolute atomic E-state index is 4.79. The molecule has 23 heavy (non-hydrogen) atoms. The third kappa shape index (κ3) is 3.09. The molecule has 0 amide bonds. The zero-order chi connectivity index (χ0) is 16.0. The average Bonchev–Trinajstić information content (AvgIpc) is 3.08. The zero-order valence-corrected chi connectivity index (χ0v) is 15.1. The molecule has 0 radical (unpaired) electrons. The SMILES string of the molecule is CC(C)(C)n1ncc2c1CCC[C@H]2NCc1csc(C2CC2)n1. The van der Waals surface area contributed by atoms with E-state index in [9.17, 15) is 0 Å². The van der Waals surface area contributed by atoms with Gasteiger partial charge in [0.25, 0.3) is 0 Å². The lowest BCUT2D eigenvalue weighted by molar-refractivity contribution is 0.334. The molecular formula is C18H26N4S. The molecule has 2 aromatic rings. The fourth-order valence-corrected chi connectivity index (χ4v) is 4.49. The van der Waals surface area contributed by atoms with Gasteiger partial charge >= 0.3 is 0 Å². The van der Waals surface area contributed by atoms with Gasteiger partial charge in [-0.25, -0.2) is 4.98 Å². The predicted molar refractivity (Wildman–Crippen MR) is 93.8 cm³/mol. The summed E-state index contributed by atoms with van der Waals surface area (Å²) in [6, 6.07) is 0.418. The first-order valence-electron chi connectivity index (χ1n) is 8.77. The maximum Gasteiger partial charge on any atom is 0.0959 e. The van der Waals surface area contributed by atoms with Crippen LogP contribution in [0.4, 0.5) is 0 Å². The fraction of sp³-hybridized carbons (Fsp3) is 0.667. The standard InChI is InChI=1S/C18H26N4S/c1-18(2,3)22-16-6-4-5-15(14(16)10-20-22)19-9-13-11-23-17(21-13)12-7-8-12/h10-12,15,19H,4-9H2,1-3H3/t15-/m1/s1. The van der Waals surface area contributed by atoms with E-state index in [0.29, 0.717) is 6.04 Å². The van der Waals surface area contributed by atoms with Crippen LogP contribution in [0.25, 0.3) is 0 Å². The molecule has 1 fully saturated rings. The van der Waals surface area contributed by atoms with Crippen LogP contribution in [0.3, 0.4) is 0 Å². The molecular weight excluding hydrogens is 304 g/mol. The quantitative estimate of drug-likeness (QED) is 0.916. The number of hydrogen-bond acceptors (Lipinski definition) is 4. The van der Waals surface area contributed by atoms with E-state index in [4.69, 9.17) is 4.98 Å². The van der Waals surface area contributed by atoms with E-state index < -0.39 is 0 Å². The van der Waals surface area contributed by atoms with E-state index >= 15 is 0 Å². The first-order valence-corrected chi connectivity index (χ1v) is 9.65. The summed E-state index contributed by atoms with van der Waals surface area (Å²) in [6.45, 7) is 7.55. The predicted octanol–water partition coefficient (Wildman–Crippen LogP) is 4.14. The molecule has 0 saturated heterocycles. The Labute approximate surface area is 142 Å². The van der Waals surface area contributed by atoms with E-state index in [0.717, 1.165) is 18.9 Å². The van der Waals surface area contributed by atoms with Crippen LogP contribution in [0, 0.1) is 0 Å². The van der Waals surface area contributed by atoms with Crippen molar-refractivity contribution in [3.63, 3.8) is 0 Å². The van der Waals surface area contributed by atoms with Gasteiger partial charge in [0.05, 0.1) is 22.4 Å². The van der Waals surface area contributed by atoms with Crippen molar-refractivity contribution in [1.82, 2.24) is 20.1 Å².